The molecular formula is C22H24FNO4S. The molecule has 0 unspecified atom stereocenters. The van der Waals surface area contributed by atoms with Crippen LogP contribution in [0.3, 0.4) is 0 Å². The Hall–Kier alpha value is -2.67. The largest absolute Gasteiger partial charge is 0.453 e. The molecular weight excluding hydrogens is 393 g/mol. The monoisotopic (exact) mass is 417 g/mol. The number of benzene rings is 2. The smallest absolute Gasteiger partial charge is 0.329 e. The van der Waals surface area contributed by atoms with Crippen LogP contribution < -0.4 is 5.32 Å². The summed E-state index contributed by atoms with van der Waals surface area (Å²) in [6.45, 7) is 3.33. The Morgan fingerprint density at radius 2 is 1.79 bits per heavy atom. The summed E-state index contributed by atoms with van der Waals surface area (Å²) in [5.74, 6) is -1.32. The Balaban J connectivity index is 2.06. The summed E-state index contributed by atoms with van der Waals surface area (Å²) in [6, 6.07) is 11.2. The van der Waals surface area contributed by atoms with Crippen molar-refractivity contribution >= 4 is 29.4 Å². The molecule has 0 aliphatic heterocycles. The van der Waals surface area contributed by atoms with Crippen LogP contribution in [0, 0.1) is 12.7 Å². The third-order valence-corrected chi connectivity index (χ3v) is 4.92. The molecule has 1 amide bonds. The van der Waals surface area contributed by atoms with E-state index in [1.165, 1.54) is 43.0 Å². The van der Waals surface area contributed by atoms with E-state index in [1.54, 1.807) is 18.2 Å². The zero-order chi connectivity index (χ0) is 21.4. The summed E-state index contributed by atoms with van der Waals surface area (Å²) in [5, 5.41) is 2.70. The highest BCUT2D eigenvalue weighted by Crippen LogP contribution is 2.12. The molecule has 0 fully saturated rings. The van der Waals surface area contributed by atoms with Gasteiger partial charge >= 0.3 is 5.97 Å². The van der Waals surface area contributed by atoms with E-state index in [0.717, 1.165) is 5.56 Å². The number of nitrogens with one attached hydrogen (secondary N) is 1. The van der Waals surface area contributed by atoms with Gasteiger partial charge < -0.3 is 10.1 Å². The number of rotatable bonds is 9. The number of esters is 1. The van der Waals surface area contributed by atoms with E-state index in [9.17, 15) is 18.8 Å². The summed E-state index contributed by atoms with van der Waals surface area (Å²) in [6.07, 6.45) is 1.21. The molecule has 0 heterocycles. The Bertz CT molecular complexity index is 869. The fourth-order valence-electron chi connectivity index (χ4n) is 2.67. The quantitative estimate of drug-likeness (QED) is 0.496. The average Bonchev–Trinajstić information content (AvgIpc) is 2.70. The van der Waals surface area contributed by atoms with Crippen LogP contribution in [-0.2, 0) is 9.53 Å². The van der Waals surface area contributed by atoms with Crippen molar-refractivity contribution in [2.24, 2.45) is 0 Å². The predicted molar refractivity (Wildman–Crippen MR) is 112 cm³/mol. The third-order valence-electron chi connectivity index (χ3n) is 4.27. The topological polar surface area (TPSA) is 72.5 Å². The van der Waals surface area contributed by atoms with Gasteiger partial charge in [-0.1, -0.05) is 17.7 Å². The van der Waals surface area contributed by atoms with E-state index in [0.29, 0.717) is 17.7 Å². The van der Waals surface area contributed by atoms with Crippen molar-refractivity contribution in [1.29, 1.82) is 0 Å². The van der Waals surface area contributed by atoms with Crippen LogP contribution in [0.2, 0.25) is 0 Å². The zero-order valence-electron chi connectivity index (χ0n) is 16.6. The van der Waals surface area contributed by atoms with Crippen LogP contribution in [-0.4, -0.2) is 41.8 Å². The van der Waals surface area contributed by atoms with Crippen molar-refractivity contribution in [1.82, 2.24) is 5.32 Å². The number of carbonyl (C=O) groups excluding carboxylic acids is 3. The van der Waals surface area contributed by atoms with Gasteiger partial charge in [0.25, 0.3) is 5.91 Å². The molecule has 2 rings (SSSR count). The molecule has 0 saturated heterocycles. The molecule has 154 valence electrons. The van der Waals surface area contributed by atoms with Crippen LogP contribution in [0.5, 0.6) is 0 Å². The summed E-state index contributed by atoms with van der Waals surface area (Å²) in [7, 11) is 0. The third kappa shape index (κ3) is 6.71. The lowest BCUT2D eigenvalue weighted by Gasteiger charge is -2.20. The second kappa shape index (κ2) is 10.8. The average molecular weight is 418 g/mol. The van der Waals surface area contributed by atoms with Gasteiger partial charge in [0.15, 0.2) is 6.10 Å². The van der Waals surface area contributed by atoms with E-state index < -0.39 is 29.7 Å². The Morgan fingerprint density at radius 1 is 1.10 bits per heavy atom. The van der Waals surface area contributed by atoms with Gasteiger partial charge in [0, 0.05) is 11.1 Å². The molecule has 0 saturated carbocycles. The fraction of sp³-hybridized carbons (Fsp3) is 0.318. The summed E-state index contributed by atoms with van der Waals surface area (Å²) in [4.78, 5) is 37.6. The fourth-order valence-corrected chi connectivity index (χ4v) is 3.14. The van der Waals surface area contributed by atoms with Gasteiger partial charge in [-0.25, -0.2) is 9.18 Å². The molecule has 0 spiro atoms. The van der Waals surface area contributed by atoms with Crippen molar-refractivity contribution < 1.29 is 23.5 Å². The molecule has 0 radical (unpaired) electrons. The number of thioether (sulfide) groups is 1. The molecule has 1 N–H and O–H groups in total. The highest BCUT2D eigenvalue weighted by atomic mass is 32.2. The highest BCUT2D eigenvalue weighted by Gasteiger charge is 2.27. The second-order valence-corrected chi connectivity index (χ2v) is 7.61. The van der Waals surface area contributed by atoms with Gasteiger partial charge in [-0.3, -0.25) is 9.59 Å². The number of halogens is 1. The molecule has 29 heavy (non-hydrogen) atoms. The second-order valence-electron chi connectivity index (χ2n) is 6.63. The maximum absolute atomic E-state index is 13.0. The molecule has 2 atom stereocenters. The lowest BCUT2D eigenvalue weighted by Crippen LogP contribution is -2.44. The molecule has 0 bridgehead atoms. The molecule has 0 aliphatic rings. The van der Waals surface area contributed by atoms with Gasteiger partial charge in [-0.2, -0.15) is 11.8 Å². The van der Waals surface area contributed by atoms with E-state index >= 15 is 0 Å². The normalized spacial score (nSPS) is 12.7. The molecule has 5 nitrogen and oxygen atoms in total. The van der Waals surface area contributed by atoms with Crippen LogP contribution in [0.4, 0.5) is 4.39 Å². The number of amides is 1. The number of ether oxygens (including phenoxy) is 1. The van der Waals surface area contributed by atoms with Gasteiger partial charge in [0.1, 0.15) is 11.9 Å². The minimum absolute atomic E-state index is 0.246. The first kappa shape index (κ1) is 22.6. The van der Waals surface area contributed by atoms with Crippen molar-refractivity contribution in [3.63, 3.8) is 0 Å². The number of Topliss-reactive ketones (excluding diaryl/α,β-unsaturated/α-hetero) is 1. The first-order valence-corrected chi connectivity index (χ1v) is 10.6. The van der Waals surface area contributed by atoms with E-state index in [-0.39, 0.29) is 11.5 Å². The standard InChI is InChI=1S/C22H24FNO4S/c1-14-5-4-6-17(13-14)21(26)24-19(11-12-29-3)22(27)28-15(2)20(25)16-7-9-18(23)10-8-16/h4-10,13,15,19H,11-12H2,1-3H3,(H,24,26)/t15-,19+/m1/s1. The van der Waals surface area contributed by atoms with Crippen LogP contribution in [0.25, 0.3) is 0 Å². The predicted octanol–water partition coefficient (Wildman–Crippen LogP) is 3.80. The number of hydrogen-bond acceptors (Lipinski definition) is 5. The maximum Gasteiger partial charge on any atom is 0.329 e. The first-order chi connectivity index (χ1) is 13.8. The highest BCUT2D eigenvalue weighted by molar-refractivity contribution is 7.98. The molecule has 2 aromatic carbocycles. The Morgan fingerprint density at radius 3 is 2.41 bits per heavy atom. The van der Waals surface area contributed by atoms with Gasteiger partial charge in [-0.05, 0) is 68.7 Å². The summed E-state index contributed by atoms with van der Waals surface area (Å²) < 4.78 is 18.3. The molecule has 0 aromatic heterocycles. The molecule has 2 aromatic rings. The lowest BCUT2D eigenvalue weighted by molar-refractivity contribution is -0.148. The Labute approximate surface area is 174 Å². The number of carbonyl (C=O) groups is 3. The zero-order valence-corrected chi connectivity index (χ0v) is 17.4. The minimum atomic E-state index is -1.05. The minimum Gasteiger partial charge on any atom is -0.453 e. The summed E-state index contributed by atoms with van der Waals surface area (Å²) >= 11 is 1.53. The number of aryl methyl sites for hydroxylation is 1. The van der Waals surface area contributed by atoms with Gasteiger partial charge in [0.2, 0.25) is 5.78 Å². The van der Waals surface area contributed by atoms with Gasteiger partial charge in [0.05, 0.1) is 0 Å². The SMILES string of the molecule is CSCC[C@H](NC(=O)c1cccc(C)c1)C(=O)O[C@H](C)C(=O)c1ccc(F)cc1. The number of hydrogen-bond donors (Lipinski definition) is 1. The molecule has 0 aliphatic carbocycles. The first-order valence-electron chi connectivity index (χ1n) is 9.18. The number of ketones is 1. The van der Waals surface area contributed by atoms with E-state index in [2.05, 4.69) is 5.32 Å². The van der Waals surface area contributed by atoms with Gasteiger partial charge in [-0.15, -0.1) is 0 Å². The van der Waals surface area contributed by atoms with Crippen LogP contribution in [0.15, 0.2) is 48.5 Å². The van der Waals surface area contributed by atoms with Crippen LogP contribution >= 0.6 is 11.8 Å². The summed E-state index contributed by atoms with van der Waals surface area (Å²) in [5.41, 5.74) is 1.62. The van der Waals surface area contributed by atoms with E-state index in [4.69, 9.17) is 4.74 Å². The van der Waals surface area contributed by atoms with Crippen molar-refractivity contribution in [2.75, 3.05) is 12.0 Å². The van der Waals surface area contributed by atoms with Crippen LogP contribution in [0.1, 0.15) is 39.6 Å². The Kier molecular flexibility index (Phi) is 8.39. The maximum atomic E-state index is 13.0. The van der Waals surface area contributed by atoms with E-state index in [1.807, 2.05) is 19.2 Å². The van der Waals surface area contributed by atoms with Crippen molar-refractivity contribution in [3.8, 4) is 0 Å². The lowest BCUT2D eigenvalue weighted by atomic mass is 10.1. The van der Waals surface area contributed by atoms with Crippen molar-refractivity contribution in [3.05, 3.63) is 71.0 Å². The van der Waals surface area contributed by atoms with Crippen molar-refractivity contribution in [2.45, 2.75) is 32.4 Å². The molecule has 7 heteroatoms.